The molecule has 0 spiro atoms. The summed E-state index contributed by atoms with van der Waals surface area (Å²) in [7, 11) is -3.47. The SMILES string of the molecule is CC(=O)Nc1ccc(S(=O)(=O)NC[C@H]2C[C@H]3CC[C@@H]2C3)cc1. The lowest BCUT2D eigenvalue weighted by Crippen LogP contribution is -2.31. The smallest absolute Gasteiger partial charge is 0.240 e. The van der Waals surface area contributed by atoms with Gasteiger partial charge in [0.1, 0.15) is 0 Å². The van der Waals surface area contributed by atoms with Crippen LogP contribution in [0.3, 0.4) is 0 Å². The van der Waals surface area contributed by atoms with Crippen LogP contribution in [-0.4, -0.2) is 20.9 Å². The molecule has 1 amide bonds. The molecule has 2 aliphatic rings. The molecule has 0 aromatic heterocycles. The first kappa shape index (κ1) is 15.5. The van der Waals surface area contributed by atoms with Crippen LogP contribution in [0, 0.1) is 17.8 Å². The maximum Gasteiger partial charge on any atom is 0.240 e. The van der Waals surface area contributed by atoms with Gasteiger partial charge in [-0.1, -0.05) is 6.42 Å². The van der Waals surface area contributed by atoms with Crippen molar-refractivity contribution in [1.82, 2.24) is 4.72 Å². The summed E-state index contributed by atoms with van der Waals surface area (Å²) < 4.78 is 27.4. The summed E-state index contributed by atoms with van der Waals surface area (Å²) in [6, 6.07) is 6.25. The number of amides is 1. The van der Waals surface area contributed by atoms with Crippen LogP contribution in [0.5, 0.6) is 0 Å². The van der Waals surface area contributed by atoms with Gasteiger partial charge in [-0.3, -0.25) is 4.79 Å². The minimum Gasteiger partial charge on any atom is -0.326 e. The molecule has 0 unspecified atom stereocenters. The first-order valence-corrected chi connectivity index (χ1v) is 9.29. The van der Waals surface area contributed by atoms with Crippen molar-refractivity contribution in [2.45, 2.75) is 37.5 Å². The fraction of sp³-hybridized carbons (Fsp3) is 0.562. The topological polar surface area (TPSA) is 75.3 Å². The molecule has 0 heterocycles. The minimum atomic E-state index is -3.47. The van der Waals surface area contributed by atoms with Gasteiger partial charge >= 0.3 is 0 Å². The summed E-state index contributed by atoms with van der Waals surface area (Å²) in [5.41, 5.74) is 0.597. The summed E-state index contributed by atoms with van der Waals surface area (Å²) in [6.07, 6.45) is 5.01. The highest BCUT2D eigenvalue weighted by Gasteiger charge is 2.39. The van der Waals surface area contributed by atoms with Crippen molar-refractivity contribution in [2.75, 3.05) is 11.9 Å². The third-order valence-electron chi connectivity index (χ3n) is 4.91. The zero-order valence-electron chi connectivity index (χ0n) is 12.7. The van der Waals surface area contributed by atoms with Gasteiger partial charge in [-0.2, -0.15) is 0 Å². The second-order valence-electron chi connectivity index (χ2n) is 6.49. The Kier molecular flexibility index (Phi) is 4.23. The van der Waals surface area contributed by atoms with Crippen LogP contribution >= 0.6 is 0 Å². The third kappa shape index (κ3) is 3.33. The van der Waals surface area contributed by atoms with Gasteiger partial charge in [-0.25, -0.2) is 13.1 Å². The number of fused-ring (bicyclic) bond motifs is 2. The molecule has 0 radical (unpaired) electrons. The van der Waals surface area contributed by atoms with Crippen LogP contribution in [0.25, 0.3) is 0 Å². The quantitative estimate of drug-likeness (QED) is 0.874. The van der Waals surface area contributed by atoms with Crippen LogP contribution in [0.2, 0.25) is 0 Å². The third-order valence-corrected chi connectivity index (χ3v) is 6.34. The van der Waals surface area contributed by atoms with Crippen molar-refractivity contribution >= 4 is 21.6 Å². The number of hydrogen-bond acceptors (Lipinski definition) is 3. The molecule has 22 heavy (non-hydrogen) atoms. The predicted molar refractivity (Wildman–Crippen MR) is 84.9 cm³/mol. The molecule has 2 fully saturated rings. The number of rotatable bonds is 5. The summed E-state index contributed by atoms with van der Waals surface area (Å²) in [6.45, 7) is 1.96. The first-order chi connectivity index (χ1) is 10.4. The van der Waals surface area contributed by atoms with E-state index in [1.165, 1.54) is 38.3 Å². The Morgan fingerprint density at radius 3 is 2.45 bits per heavy atom. The van der Waals surface area contributed by atoms with E-state index >= 15 is 0 Å². The van der Waals surface area contributed by atoms with E-state index in [2.05, 4.69) is 10.0 Å². The maximum absolute atomic E-state index is 12.3. The monoisotopic (exact) mass is 322 g/mol. The van der Waals surface area contributed by atoms with Crippen molar-refractivity contribution < 1.29 is 13.2 Å². The van der Waals surface area contributed by atoms with Crippen molar-refractivity contribution in [3.63, 3.8) is 0 Å². The van der Waals surface area contributed by atoms with Gasteiger partial charge in [0, 0.05) is 19.2 Å². The van der Waals surface area contributed by atoms with Gasteiger partial charge in [0.05, 0.1) is 4.90 Å². The highest BCUT2D eigenvalue weighted by Crippen LogP contribution is 2.48. The van der Waals surface area contributed by atoms with Crippen molar-refractivity contribution in [3.8, 4) is 0 Å². The Morgan fingerprint density at radius 1 is 1.18 bits per heavy atom. The lowest BCUT2D eigenvalue weighted by Gasteiger charge is -2.21. The largest absolute Gasteiger partial charge is 0.326 e. The van der Waals surface area contributed by atoms with E-state index in [4.69, 9.17) is 0 Å². The van der Waals surface area contributed by atoms with E-state index in [9.17, 15) is 13.2 Å². The molecule has 2 N–H and O–H groups in total. The van der Waals surface area contributed by atoms with Gasteiger partial charge in [0.2, 0.25) is 15.9 Å². The van der Waals surface area contributed by atoms with Gasteiger partial charge in [0.25, 0.3) is 0 Å². The van der Waals surface area contributed by atoms with Crippen LogP contribution < -0.4 is 10.0 Å². The molecule has 1 aromatic rings. The second-order valence-corrected chi connectivity index (χ2v) is 8.26. The Bertz CT molecular complexity index is 654. The predicted octanol–water partition coefficient (Wildman–Crippen LogP) is 2.36. The maximum atomic E-state index is 12.3. The molecule has 2 bridgehead atoms. The molecule has 0 aliphatic heterocycles. The zero-order chi connectivity index (χ0) is 15.7. The van der Waals surface area contributed by atoms with Crippen molar-refractivity contribution in [1.29, 1.82) is 0 Å². The number of benzene rings is 1. The lowest BCUT2D eigenvalue weighted by atomic mass is 9.89. The molecule has 6 heteroatoms. The molecule has 3 rings (SSSR count). The standard InChI is InChI=1S/C16H22N2O3S/c1-11(19)18-15-4-6-16(7-5-15)22(20,21)17-10-14-9-12-2-3-13(14)8-12/h4-7,12-14,17H,2-3,8-10H2,1H3,(H,18,19)/t12-,13+,14+/m0/s1. The molecule has 5 nitrogen and oxygen atoms in total. The Hall–Kier alpha value is -1.40. The fourth-order valence-corrected chi connectivity index (χ4v) is 4.94. The summed E-state index contributed by atoms with van der Waals surface area (Å²) >= 11 is 0. The average Bonchev–Trinajstić information content (AvgIpc) is 3.08. The summed E-state index contributed by atoms with van der Waals surface area (Å²) in [4.78, 5) is 11.2. The van der Waals surface area contributed by atoms with E-state index in [0.29, 0.717) is 24.1 Å². The lowest BCUT2D eigenvalue weighted by molar-refractivity contribution is -0.114. The summed E-state index contributed by atoms with van der Waals surface area (Å²) in [5, 5.41) is 2.62. The number of carbonyl (C=O) groups excluding carboxylic acids is 1. The molecule has 2 saturated carbocycles. The highest BCUT2D eigenvalue weighted by molar-refractivity contribution is 7.89. The van der Waals surface area contributed by atoms with E-state index in [1.807, 2.05) is 0 Å². The van der Waals surface area contributed by atoms with E-state index in [1.54, 1.807) is 12.1 Å². The number of sulfonamides is 1. The molecule has 2 aliphatic carbocycles. The van der Waals surface area contributed by atoms with E-state index < -0.39 is 10.0 Å². The normalized spacial score (nSPS) is 27.0. The van der Waals surface area contributed by atoms with Crippen LogP contribution in [0.1, 0.15) is 32.6 Å². The Balaban J connectivity index is 1.61. The van der Waals surface area contributed by atoms with Gasteiger partial charge < -0.3 is 5.32 Å². The number of hydrogen-bond donors (Lipinski definition) is 2. The van der Waals surface area contributed by atoms with E-state index in [-0.39, 0.29) is 10.8 Å². The van der Waals surface area contributed by atoms with Gasteiger partial charge in [-0.15, -0.1) is 0 Å². The molecular weight excluding hydrogens is 300 g/mol. The summed E-state index contributed by atoms with van der Waals surface area (Å²) in [5.74, 6) is 1.84. The Morgan fingerprint density at radius 2 is 1.91 bits per heavy atom. The minimum absolute atomic E-state index is 0.176. The van der Waals surface area contributed by atoms with Gasteiger partial charge in [-0.05, 0) is 61.3 Å². The average molecular weight is 322 g/mol. The molecule has 0 saturated heterocycles. The fourth-order valence-electron chi connectivity index (χ4n) is 3.85. The van der Waals surface area contributed by atoms with Crippen molar-refractivity contribution in [3.05, 3.63) is 24.3 Å². The number of carbonyl (C=O) groups is 1. The second kappa shape index (κ2) is 6.01. The molecule has 1 aromatic carbocycles. The van der Waals surface area contributed by atoms with Crippen molar-refractivity contribution in [2.24, 2.45) is 17.8 Å². The first-order valence-electron chi connectivity index (χ1n) is 7.81. The van der Waals surface area contributed by atoms with Gasteiger partial charge in [0.15, 0.2) is 0 Å². The molecule has 3 atom stereocenters. The molecular formula is C16H22N2O3S. The number of anilines is 1. The van der Waals surface area contributed by atoms with Crippen LogP contribution in [0.4, 0.5) is 5.69 Å². The van der Waals surface area contributed by atoms with Crippen LogP contribution in [-0.2, 0) is 14.8 Å². The van der Waals surface area contributed by atoms with E-state index in [0.717, 1.165) is 12.3 Å². The van der Waals surface area contributed by atoms with Crippen LogP contribution in [0.15, 0.2) is 29.2 Å². The Labute approximate surface area is 131 Å². The molecule has 120 valence electrons. The highest BCUT2D eigenvalue weighted by atomic mass is 32.2. The number of nitrogens with one attached hydrogen (secondary N) is 2. The zero-order valence-corrected chi connectivity index (χ0v) is 13.5.